The topological polar surface area (TPSA) is 76.4 Å². The lowest BCUT2D eigenvalue weighted by Crippen LogP contribution is -2.23. The average Bonchev–Trinajstić information content (AvgIpc) is 3.42. The van der Waals surface area contributed by atoms with Crippen molar-refractivity contribution in [2.24, 2.45) is 0 Å². The SMILES string of the molecule is COc1ccc(OC)c(-c2[nH]ncc2CN2CCC[C@@H]2c2cc(C)on2)c1. The molecular formula is C20H24N4O3. The summed E-state index contributed by atoms with van der Waals surface area (Å²) in [5.41, 5.74) is 4.02. The molecule has 1 saturated heterocycles. The Morgan fingerprint density at radius 3 is 2.89 bits per heavy atom. The molecule has 0 bridgehead atoms. The number of aromatic amines is 1. The summed E-state index contributed by atoms with van der Waals surface area (Å²) < 4.78 is 16.2. The van der Waals surface area contributed by atoms with Crippen LogP contribution in [0.4, 0.5) is 0 Å². The summed E-state index contributed by atoms with van der Waals surface area (Å²) >= 11 is 0. The van der Waals surface area contributed by atoms with Crippen molar-refractivity contribution >= 4 is 0 Å². The van der Waals surface area contributed by atoms with Crippen LogP contribution in [0, 0.1) is 6.92 Å². The van der Waals surface area contributed by atoms with E-state index in [9.17, 15) is 0 Å². The summed E-state index contributed by atoms with van der Waals surface area (Å²) in [6.07, 6.45) is 4.12. The number of methoxy groups -OCH3 is 2. The van der Waals surface area contributed by atoms with Gasteiger partial charge in [-0.2, -0.15) is 5.10 Å². The van der Waals surface area contributed by atoms with Gasteiger partial charge in [-0.25, -0.2) is 0 Å². The molecular weight excluding hydrogens is 344 g/mol. The Balaban J connectivity index is 1.63. The molecule has 0 aliphatic carbocycles. The third-order valence-corrected chi connectivity index (χ3v) is 5.12. The molecule has 1 N–H and O–H groups in total. The lowest BCUT2D eigenvalue weighted by atomic mass is 10.1. The van der Waals surface area contributed by atoms with E-state index >= 15 is 0 Å². The molecule has 7 nitrogen and oxygen atoms in total. The minimum absolute atomic E-state index is 0.275. The van der Waals surface area contributed by atoms with Gasteiger partial charge in [-0.05, 0) is 44.5 Å². The second-order valence-electron chi connectivity index (χ2n) is 6.83. The molecule has 142 valence electrons. The Bertz CT molecular complexity index is 918. The number of H-pyrrole nitrogens is 1. The van der Waals surface area contributed by atoms with Gasteiger partial charge >= 0.3 is 0 Å². The maximum atomic E-state index is 5.55. The first kappa shape index (κ1) is 17.6. The number of likely N-dealkylation sites (tertiary alicyclic amines) is 1. The van der Waals surface area contributed by atoms with Crippen LogP contribution in [-0.2, 0) is 6.54 Å². The van der Waals surface area contributed by atoms with Crippen LogP contribution in [0.15, 0.2) is 35.0 Å². The maximum absolute atomic E-state index is 5.55. The van der Waals surface area contributed by atoms with Gasteiger partial charge in [0.05, 0.1) is 32.2 Å². The molecule has 4 rings (SSSR count). The normalized spacial score (nSPS) is 17.4. The molecule has 0 amide bonds. The van der Waals surface area contributed by atoms with Crippen molar-refractivity contribution in [1.82, 2.24) is 20.3 Å². The molecule has 1 aliphatic rings. The smallest absolute Gasteiger partial charge is 0.133 e. The largest absolute Gasteiger partial charge is 0.497 e. The van der Waals surface area contributed by atoms with E-state index in [1.54, 1.807) is 14.2 Å². The van der Waals surface area contributed by atoms with E-state index in [0.29, 0.717) is 0 Å². The second-order valence-corrected chi connectivity index (χ2v) is 6.83. The lowest BCUT2D eigenvalue weighted by molar-refractivity contribution is 0.237. The first-order valence-corrected chi connectivity index (χ1v) is 9.11. The molecule has 1 aromatic carbocycles. The second kappa shape index (κ2) is 7.44. The predicted molar refractivity (Wildman–Crippen MR) is 101 cm³/mol. The third-order valence-electron chi connectivity index (χ3n) is 5.12. The highest BCUT2D eigenvalue weighted by Crippen LogP contribution is 2.37. The van der Waals surface area contributed by atoms with Gasteiger partial charge in [-0.15, -0.1) is 0 Å². The van der Waals surface area contributed by atoms with Crippen molar-refractivity contribution < 1.29 is 14.0 Å². The fourth-order valence-corrected chi connectivity index (χ4v) is 3.79. The van der Waals surface area contributed by atoms with Crippen molar-refractivity contribution in [2.45, 2.75) is 32.4 Å². The fourth-order valence-electron chi connectivity index (χ4n) is 3.79. The van der Waals surface area contributed by atoms with Gasteiger partial charge in [0.15, 0.2) is 0 Å². The van der Waals surface area contributed by atoms with Crippen LogP contribution in [0.25, 0.3) is 11.3 Å². The average molecular weight is 368 g/mol. The molecule has 1 fully saturated rings. The van der Waals surface area contributed by atoms with Gasteiger partial charge in [-0.1, -0.05) is 5.16 Å². The molecule has 7 heteroatoms. The van der Waals surface area contributed by atoms with Gasteiger partial charge in [0.2, 0.25) is 0 Å². The van der Waals surface area contributed by atoms with Crippen LogP contribution < -0.4 is 9.47 Å². The quantitative estimate of drug-likeness (QED) is 0.714. The highest BCUT2D eigenvalue weighted by Gasteiger charge is 2.29. The molecule has 0 unspecified atom stereocenters. The van der Waals surface area contributed by atoms with E-state index in [1.807, 2.05) is 37.4 Å². The van der Waals surface area contributed by atoms with E-state index in [4.69, 9.17) is 14.0 Å². The number of ether oxygens (including phenoxy) is 2. The molecule has 3 heterocycles. The number of hydrogen-bond acceptors (Lipinski definition) is 6. The molecule has 27 heavy (non-hydrogen) atoms. The van der Waals surface area contributed by atoms with Crippen LogP contribution in [0.5, 0.6) is 11.5 Å². The molecule has 0 radical (unpaired) electrons. The van der Waals surface area contributed by atoms with Gasteiger partial charge in [0.25, 0.3) is 0 Å². The standard InChI is InChI=1S/C20H24N4O3/c1-13-9-17(23-27-13)18-5-4-8-24(18)12-14-11-21-22-20(14)16-10-15(25-2)6-7-19(16)26-3/h6-7,9-11,18H,4-5,8,12H2,1-3H3,(H,21,22)/t18-/m1/s1. The van der Waals surface area contributed by atoms with Crippen molar-refractivity contribution in [1.29, 1.82) is 0 Å². The van der Waals surface area contributed by atoms with E-state index in [2.05, 4.69) is 20.3 Å². The molecule has 1 aliphatic heterocycles. The zero-order chi connectivity index (χ0) is 18.8. The first-order chi connectivity index (χ1) is 13.2. The first-order valence-electron chi connectivity index (χ1n) is 9.11. The highest BCUT2D eigenvalue weighted by molar-refractivity contribution is 5.71. The number of aromatic nitrogens is 3. The van der Waals surface area contributed by atoms with Crippen molar-refractivity contribution in [3.8, 4) is 22.8 Å². The van der Waals surface area contributed by atoms with Crippen LogP contribution >= 0.6 is 0 Å². The summed E-state index contributed by atoms with van der Waals surface area (Å²) in [6.45, 7) is 3.73. The Morgan fingerprint density at radius 1 is 1.26 bits per heavy atom. The number of aryl methyl sites for hydroxylation is 1. The summed E-state index contributed by atoms with van der Waals surface area (Å²) in [5.74, 6) is 2.41. The van der Waals surface area contributed by atoms with Crippen LogP contribution in [0.3, 0.4) is 0 Å². The molecule has 0 spiro atoms. The minimum Gasteiger partial charge on any atom is -0.497 e. The summed E-state index contributed by atoms with van der Waals surface area (Å²) in [5, 5.41) is 11.7. The lowest BCUT2D eigenvalue weighted by Gasteiger charge is -2.22. The van der Waals surface area contributed by atoms with Crippen LogP contribution in [-0.4, -0.2) is 41.0 Å². The Hall–Kier alpha value is -2.80. The zero-order valence-corrected chi connectivity index (χ0v) is 15.9. The third kappa shape index (κ3) is 3.42. The van der Waals surface area contributed by atoms with Crippen LogP contribution in [0.1, 0.15) is 35.9 Å². The Morgan fingerprint density at radius 2 is 2.15 bits per heavy atom. The van der Waals surface area contributed by atoms with Gasteiger partial charge in [0.1, 0.15) is 23.0 Å². The van der Waals surface area contributed by atoms with E-state index in [-0.39, 0.29) is 6.04 Å². The summed E-state index contributed by atoms with van der Waals surface area (Å²) in [4.78, 5) is 2.43. The van der Waals surface area contributed by atoms with E-state index in [1.165, 1.54) is 0 Å². The Labute approximate surface area is 158 Å². The predicted octanol–water partition coefficient (Wildman–Crippen LogP) is 3.73. The summed E-state index contributed by atoms with van der Waals surface area (Å²) in [7, 11) is 3.33. The highest BCUT2D eigenvalue weighted by atomic mass is 16.5. The number of rotatable bonds is 6. The molecule has 1 atom stereocenters. The summed E-state index contributed by atoms with van der Waals surface area (Å²) in [6, 6.07) is 8.08. The number of nitrogens with zero attached hydrogens (tertiary/aromatic N) is 3. The maximum Gasteiger partial charge on any atom is 0.133 e. The molecule has 2 aromatic heterocycles. The monoisotopic (exact) mass is 368 g/mol. The Kier molecular flexibility index (Phi) is 4.85. The number of nitrogens with one attached hydrogen (secondary N) is 1. The van der Waals surface area contributed by atoms with E-state index in [0.717, 1.165) is 65.7 Å². The van der Waals surface area contributed by atoms with E-state index < -0.39 is 0 Å². The van der Waals surface area contributed by atoms with Crippen molar-refractivity contribution in [3.05, 3.63) is 47.5 Å². The minimum atomic E-state index is 0.275. The number of hydrogen-bond donors (Lipinski definition) is 1. The van der Waals surface area contributed by atoms with Crippen molar-refractivity contribution in [2.75, 3.05) is 20.8 Å². The van der Waals surface area contributed by atoms with Gasteiger partial charge < -0.3 is 14.0 Å². The molecule has 0 saturated carbocycles. The van der Waals surface area contributed by atoms with Crippen LogP contribution in [0.2, 0.25) is 0 Å². The van der Waals surface area contributed by atoms with Crippen molar-refractivity contribution in [3.63, 3.8) is 0 Å². The van der Waals surface area contributed by atoms with Gasteiger partial charge in [0, 0.05) is 23.7 Å². The van der Waals surface area contributed by atoms with Gasteiger partial charge in [-0.3, -0.25) is 10.00 Å². The fraction of sp³-hybridized carbons (Fsp3) is 0.400. The zero-order valence-electron chi connectivity index (χ0n) is 15.9. The molecule has 3 aromatic rings. The number of benzene rings is 1.